The lowest BCUT2D eigenvalue weighted by molar-refractivity contribution is -0.149. The van der Waals surface area contributed by atoms with Gasteiger partial charge in [-0.2, -0.15) is 0 Å². The number of aryl methyl sites for hydroxylation is 1. The quantitative estimate of drug-likeness (QED) is 0.791. The summed E-state index contributed by atoms with van der Waals surface area (Å²) in [6.45, 7) is 2.90. The molecule has 23 heavy (non-hydrogen) atoms. The second-order valence-corrected chi connectivity index (χ2v) is 5.29. The number of nitrogens with zero attached hydrogens (tertiary/aromatic N) is 1. The standard InChI is InChI=1S/C15H18N2O6/c1-9-10(16-13(23-9)11-5-4-6-22-11)7-12(18)17-15(2,8-21-3)14(19)20/h4-6H,7-8H2,1-3H3,(H,17,18)(H,19,20). The number of oxazole rings is 1. The summed E-state index contributed by atoms with van der Waals surface area (Å²) in [5.41, 5.74) is -1.09. The van der Waals surface area contributed by atoms with Gasteiger partial charge in [-0.15, -0.1) is 0 Å². The van der Waals surface area contributed by atoms with Crippen LogP contribution in [0.2, 0.25) is 0 Å². The first-order valence-corrected chi connectivity index (χ1v) is 6.89. The Bertz CT molecular complexity index is 691. The summed E-state index contributed by atoms with van der Waals surface area (Å²) in [6, 6.07) is 3.39. The Balaban J connectivity index is 2.10. The van der Waals surface area contributed by atoms with Crippen LogP contribution in [0.4, 0.5) is 0 Å². The van der Waals surface area contributed by atoms with Gasteiger partial charge < -0.3 is 24.0 Å². The fourth-order valence-corrected chi connectivity index (χ4v) is 2.04. The van der Waals surface area contributed by atoms with E-state index in [0.29, 0.717) is 17.2 Å². The van der Waals surface area contributed by atoms with E-state index in [4.69, 9.17) is 13.6 Å². The number of hydrogen-bond acceptors (Lipinski definition) is 6. The topological polar surface area (TPSA) is 115 Å². The zero-order valence-electron chi connectivity index (χ0n) is 13.1. The van der Waals surface area contributed by atoms with Gasteiger partial charge >= 0.3 is 5.97 Å². The number of methoxy groups -OCH3 is 1. The van der Waals surface area contributed by atoms with Crippen molar-refractivity contribution in [3.05, 3.63) is 29.9 Å². The Kier molecular flexibility index (Phi) is 4.85. The molecule has 124 valence electrons. The number of ether oxygens (including phenoxy) is 1. The third kappa shape index (κ3) is 3.78. The molecule has 2 aromatic heterocycles. The van der Waals surface area contributed by atoms with Gasteiger partial charge in [-0.25, -0.2) is 9.78 Å². The molecular formula is C15H18N2O6. The van der Waals surface area contributed by atoms with Crippen molar-refractivity contribution >= 4 is 11.9 Å². The first-order chi connectivity index (χ1) is 10.9. The molecule has 2 N–H and O–H groups in total. The Morgan fingerprint density at radius 3 is 2.78 bits per heavy atom. The minimum atomic E-state index is -1.51. The van der Waals surface area contributed by atoms with E-state index < -0.39 is 17.4 Å². The average Bonchev–Trinajstić information content (AvgIpc) is 3.09. The van der Waals surface area contributed by atoms with E-state index in [-0.39, 0.29) is 18.9 Å². The molecule has 1 amide bonds. The summed E-state index contributed by atoms with van der Waals surface area (Å²) in [5.74, 6) is -0.479. The van der Waals surface area contributed by atoms with Crippen LogP contribution in [0.25, 0.3) is 11.7 Å². The molecule has 0 spiro atoms. The number of carbonyl (C=O) groups excluding carboxylic acids is 1. The molecule has 2 heterocycles. The lowest BCUT2D eigenvalue weighted by Gasteiger charge is -2.25. The van der Waals surface area contributed by atoms with Crippen LogP contribution in [0.5, 0.6) is 0 Å². The number of carboxylic acid groups (broad SMARTS) is 1. The van der Waals surface area contributed by atoms with Gasteiger partial charge in [0, 0.05) is 7.11 Å². The predicted molar refractivity (Wildman–Crippen MR) is 78.7 cm³/mol. The molecule has 1 atom stereocenters. The monoisotopic (exact) mass is 322 g/mol. The van der Waals surface area contributed by atoms with Gasteiger partial charge in [0.15, 0.2) is 11.3 Å². The molecule has 2 rings (SSSR count). The van der Waals surface area contributed by atoms with Gasteiger partial charge in [-0.3, -0.25) is 4.79 Å². The van der Waals surface area contributed by atoms with Crippen molar-refractivity contribution in [2.45, 2.75) is 25.8 Å². The van der Waals surface area contributed by atoms with E-state index in [2.05, 4.69) is 10.3 Å². The molecule has 0 saturated carbocycles. The Morgan fingerprint density at radius 1 is 1.48 bits per heavy atom. The average molecular weight is 322 g/mol. The zero-order valence-corrected chi connectivity index (χ0v) is 13.1. The van der Waals surface area contributed by atoms with Crippen molar-refractivity contribution < 1.29 is 28.3 Å². The minimum absolute atomic E-state index is 0.109. The summed E-state index contributed by atoms with van der Waals surface area (Å²) in [5, 5.41) is 11.7. The van der Waals surface area contributed by atoms with Crippen molar-refractivity contribution in [3.63, 3.8) is 0 Å². The van der Waals surface area contributed by atoms with Gasteiger partial charge in [0.1, 0.15) is 5.76 Å². The maximum atomic E-state index is 12.1. The number of furan rings is 1. The van der Waals surface area contributed by atoms with Crippen molar-refractivity contribution in [1.82, 2.24) is 10.3 Å². The van der Waals surface area contributed by atoms with Gasteiger partial charge in [-0.1, -0.05) is 0 Å². The highest BCUT2D eigenvalue weighted by molar-refractivity contribution is 5.87. The molecule has 0 fully saturated rings. The maximum absolute atomic E-state index is 12.1. The van der Waals surface area contributed by atoms with Crippen LogP contribution in [0, 0.1) is 6.92 Å². The van der Waals surface area contributed by atoms with E-state index in [0.717, 1.165) is 0 Å². The highest BCUT2D eigenvalue weighted by Gasteiger charge is 2.35. The predicted octanol–water partition coefficient (Wildman–Crippen LogP) is 1.39. The second kappa shape index (κ2) is 6.66. The van der Waals surface area contributed by atoms with Crippen molar-refractivity contribution in [3.8, 4) is 11.7 Å². The number of amides is 1. The molecule has 8 heteroatoms. The van der Waals surface area contributed by atoms with Crippen LogP contribution in [0.15, 0.2) is 27.2 Å². The number of aromatic nitrogens is 1. The molecule has 0 aromatic carbocycles. The first kappa shape index (κ1) is 16.8. The Labute approximate surface area is 132 Å². The molecule has 0 bridgehead atoms. The highest BCUT2D eigenvalue weighted by atomic mass is 16.5. The Hall–Kier alpha value is -2.61. The summed E-state index contributed by atoms with van der Waals surface area (Å²) in [4.78, 5) is 27.6. The van der Waals surface area contributed by atoms with Crippen LogP contribution in [-0.2, 0) is 20.7 Å². The fraction of sp³-hybridized carbons (Fsp3) is 0.400. The second-order valence-electron chi connectivity index (χ2n) is 5.29. The van der Waals surface area contributed by atoms with Crippen LogP contribution < -0.4 is 5.32 Å². The van der Waals surface area contributed by atoms with E-state index in [9.17, 15) is 14.7 Å². The molecule has 1 unspecified atom stereocenters. The van der Waals surface area contributed by atoms with E-state index in [1.807, 2.05) is 0 Å². The number of hydrogen-bond donors (Lipinski definition) is 2. The van der Waals surface area contributed by atoms with Gasteiger partial charge in [0.05, 0.1) is 25.0 Å². The summed E-state index contributed by atoms with van der Waals surface area (Å²) >= 11 is 0. The molecule has 0 aliphatic heterocycles. The molecule has 2 aromatic rings. The van der Waals surface area contributed by atoms with Crippen LogP contribution in [0.1, 0.15) is 18.4 Å². The van der Waals surface area contributed by atoms with Crippen molar-refractivity contribution in [1.29, 1.82) is 0 Å². The highest BCUT2D eigenvalue weighted by Crippen LogP contribution is 2.22. The third-order valence-corrected chi connectivity index (χ3v) is 3.27. The lowest BCUT2D eigenvalue weighted by Crippen LogP contribution is -2.55. The van der Waals surface area contributed by atoms with Crippen LogP contribution in [0.3, 0.4) is 0 Å². The number of aliphatic carboxylic acids is 1. The van der Waals surface area contributed by atoms with Crippen LogP contribution in [-0.4, -0.2) is 41.2 Å². The number of rotatable bonds is 7. The molecular weight excluding hydrogens is 304 g/mol. The number of carbonyl (C=O) groups is 2. The molecule has 8 nitrogen and oxygen atoms in total. The molecule has 0 saturated heterocycles. The minimum Gasteiger partial charge on any atom is -0.479 e. The SMILES string of the molecule is COCC(C)(NC(=O)Cc1nc(-c2ccco2)oc1C)C(=O)O. The van der Waals surface area contributed by atoms with Crippen molar-refractivity contribution in [2.24, 2.45) is 0 Å². The lowest BCUT2D eigenvalue weighted by atomic mass is 10.0. The number of carboxylic acids is 1. The summed E-state index contributed by atoms with van der Waals surface area (Å²) in [6.07, 6.45) is 1.38. The maximum Gasteiger partial charge on any atom is 0.331 e. The summed E-state index contributed by atoms with van der Waals surface area (Å²) < 4.78 is 15.5. The van der Waals surface area contributed by atoms with Crippen molar-refractivity contribution in [2.75, 3.05) is 13.7 Å². The van der Waals surface area contributed by atoms with E-state index in [1.165, 1.54) is 20.3 Å². The normalized spacial score (nSPS) is 13.5. The van der Waals surface area contributed by atoms with E-state index >= 15 is 0 Å². The van der Waals surface area contributed by atoms with Gasteiger partial charge in [-0.05, 0) is 26.0 Å². The smallest absolute Gasteiger partial charge is 0.331 e. The first-order valence-electron chi connectivity index (χ1n) is 6.89. The van der Waals surface area contributed by atoms with Gasteiger partial charge in [0.25, 0.3) is 5.89 Å². The molecule has 0 radical (unpaired) electrons. The number of nitrogens with one attached hydrogen (secondary N) is 1. The molecule has 0 aliphatic rings. The van der Waals surface area contributed by atoms with Crippen LogP contribution >= 0.6 is 0 Å². The van der Waals surface area contributed by atoms with Gasteiger partial charge in [0.2, 0.25) is 5.91 Å². The third-order valence-electron chi connectivity index (χ3n) is 3.27. The van der Waals surface area contributed by atoms with E-state index in [1.54, 1.807) is 19.1 Å². The Morgan fingerprint density at radius 2 is 2.22 bits per heavy atom. The zero-order chi connectivity index (χ0) is 17.0. The summed E-state index contributed by atoms with van der Waals surface area (Å²) in [7, 11) is 1.37. The largest absolute Gasteiger partial charge is 0.479 e. The molecule has 0 aliphatic carbocycles. The fourth-order valence-electron chi connectivity index (χ4n) is 2.04.